The van der Waals surface area contributed by atoms with E-state index in [9.17, 15) is 4.79 Å². The van der Waals surface area contributed by atoms with Gasteiger partial charge in [0.2, 0.25) is 0 Å². The second-order valence-corrected chi connectivity index (χ2v) is 4.61. The number of Topliss-reactive ketones (excluding diaryl/α,β-unsaturated/α-hetero) is 1. The highest BCUT2D eigenvalue weighted by molar-refractivity contribution is 6.34. The van der Waals surface area contributed by atoms with Crippen molar-refractivity contribution >= 4 is 11.4 Å². The predicted molar refractivity (Wildman–Crippen MR) is 68.0 cm³/mol. The Balaban J connectivity index is 2.12. The van der Waals surface area contributed by atoms with Crippen LogP contribution in [0, 0.1) is 0 Å². The summed E-state index contributed by atoms with van der Waals surface area (Å²) in [7, 11) is 0. The maximum absolute atomic E-state index is 12.5. The molecule has 2 heterocycles. The molecule has 4 rings (SSSR count). The Kier molecular flexibility index (Phi) is 1.81. The molecule has 0 N–H and O–H groups in total. The molecule has 0 spiro atoms. The van der Waals surface area contributed by atoms with Crippen molar-refractivity contribution in [3.8, 4) is 11.4 Å². The third-order valence-electron chi connectivity index (χ3n) is 3.43. The lowest BCUT2D eigenvalue weighted by Crippen LogP contribution is -2.13. The van der Waals surface area contributed by atoms with E-state index in [1.165, 1.54) is 5.57 Å². The van der Waals surface area contributed by atoms with Crippen molar-refractivity contribution in [2.24, 2.45) is 0 Å². The highest BCUT2D eigenvalue weighted by Crippen LogP contribution is 2.44. The largest absolute Gasteiger partial charge is 0.289 e. The van der Waals surface area contributed by atoms with Crippen LogP contribution < -0.4 is 0 Å². The molecule has 0 bridgehead atoms. The van der Waals surface area contributed by atoms with Gasteiger partial charge in [0.25, 0.3) is 0 Å². The lowest BCUT2D eigenvalue weighted by atomic mass is 9.86. The molecular weight excluding hydrogens is 224 g/mol. The number of hydrogen-bond acceptors (Lipinski definition) is 3. The van der Waals surface area contributed by atoms with E-state index >= 15 is 0 Å². The molecule has 1 saturated carbocycles. The Hall–Kier alpha value is -2.29. The Bertz CT molecular complexity index is 710. The number of fused-ring (bicyclic) bond motifs is 3. The Morgan fingerprint density at radius 1 is 0.889 bits per heavy atom. The molecule has 86 valence electrons. The molecule has 2 aromatic rings. The molecule has 3 nitrogen and oxygen atoms in total. The number of rotatable bonds is 0. The van der Waals surface area contributed by atoms with Crippen LogP contribution in [0.15, 0.2) is 42.2 Å². The fourth-order valence-electron chi connectivity index (χ4n) is 2.49. The van der Waals surface area contributed by atoms with Crippen molar-refractivity contribution in [3.05, 3.63) is 53.4 Å². The van der Waals surface area contributed by atoms with Gasteiger partial charge in [-0.2, -0.15) is 0 Å². The van der Waals surface area contributed by atoms with Crippen LogP contribution in [-0.4, -0.2) is 15.8 Å². The van der Waals surface area contributed by atoms with Crippen LogP contribution in [0.1, 0.15) is 28.8 Å². The van der Waals surface area contributed by atoms with Gasteiger partial charge in [-0.3, -0.25) is 14.8 Å². The van der Waals surface area contributed by atoms with Crippen LogP contribution in [0.25, 0.3) is 17.0 Å². The van der Waals surface area contributed by atoms with Crippen LogP contribution in [0.4, 0.5) is 0 Å². The van der Waals surface area contributed by atoms with Gasteiger partial charge in [0.1, 0.15) is 5.69 Å². The number of aromatic nitrogens is 2. The molecule has 2 aliphatic rings. The van der Waals surface area contributed by atoms with Crippen LogP contribution in [0.3, 0.4) is 0 Å². The quantitative estimate of drug-likeness (QED) is 0.658. The maximum atomic E-state index is 12.5. The van der Waals surface area contributed by atoms with Crippen molar-refractivity contribution in [2.75, 3.05) is 0 Å². The van der Waals surface area contributed by atoms with Crippen LogP contribution >= 0.6 is 0 Å². The van der Waals surface area contributed by atoms with E-state index in [4.69, 9.17) is 0 Å². The fourth-order valence-corrected chi connectivity index (χ4v) is 2.49. The van der Waals surface area contributed by atoms with Crippen molar-refractivity contribution in [1.82, 2.24) is 9.97 Å². The van der Waals surface area contributed by atoms with Gasteiger partial charge >= 0.3 is 0 Å². The van der Waals surface area contributed by atoms with Crippen molar-refractivity contribution in [2.45, 2.75) is 12.8 Å². The summed E-state index contributed by atoms with van der Waals surface area (Å²) in [5.74, 6) is 0.103. The van der Waals surface area contributed by atoms with E-state index in [2.05, 4.69) is 9.97 Å². The number of carbonyl (C=O) groups is 1. The molecule has 0 aromatic carbocycles. The predicted octanol–water partition coefficient (Wildman–Crippen LogP) is 2.89. The third kappa shape index (κ3) is 1.21. The molecule has 0 unspecified atom stereocenters. The minimum absolute atomic E-state index is 0.103. The average molecular weight is 234 g/mol. The molecular formula is C15H10N2O. The molecule has 0 amide bonds. The summed E-state index contributed by atoms with van der Waals surface area (Å²) in [6, 6.07) is 7.49. The van der Waals surface area contributed by atoms with Gasteiger partial charge in [-0.25, -0.2) is 0 Å². The first-order valence-electron chi connectivity index (χ1n) is 6.04. The summed E-state index contributed by atoms with van der Waals surface area (Å²) in [5, 5.41) is 0. The number of ketones is 1. The summed E-state index contributed by atoms with van der Waals surface area (Å²) in [6.45, 7) is 0. The first kappa shape index (κ1) is 9.71. The van der Waals surface area contributed by atoms with Crippen LogP contribution in [0.5, 0.6) is 0 Å². The number of allylic oxidation sites excluding steroid dienone is 2. The topological polar surface area (TPSA) is 42.9 Å². The summed E-state index contributed by atoms with van der Waals surface area (Å²) < 4.78 is 0. The van der Waals surface area contributed by atoms with Gasteiger partial charge in [-0.15, -0.1) is 0 Å². The third-order valence-corrected chi connectivity index (χ3v) is 3.43. The molecule has 1 fully saturated rings. The highest BCUT2D eigenvalue weighted by atomic mass is 16.1. The number of hydrogen-bond donors (Lipinski definition) is 0. The van der Waals surface area contributed by atoms with E-state index in [0.29, 0.717) is 11.3 Å². The smallest absolute Gasteiger partial charge is 0.195 e. The molecule has 18 heavy (non-hydrogen) atoms. The number of pyridine rings is 2. The zero-order valence-corrected chi connectivity index (χ0v) is 9.68. The lowest BCUT2D eigenvalue weighted by Gasteiger charge is -2.19. The van der Waals surface area contributed by atoms with Crippen LogP contribution in [-0.2, 0) is 0 Å². The van der Waals surface area contributed by atoms with E-state index in [0.717, 1.165) is 29.7 Å². The van der Waals surface area contributed by atoms with Gasteiger partial charge in [-0.05, 0) is 31.0 Å². The normalized spacial score (nSPS) is 16.3. The van der Waals surface area contributed by atoms with Gasteiger partial charge in [0.15, 0.2) is 5.78 Å². The fraction of sp³-hybridized carbons (Fsp3) is 0.133. The van der Waals surface area contributed by atoms with Gasteiger partial charge < -0.3 is 0 Å². The van der Waals surface area contributed by atoms with Gasteiger partial charge in [0, 0.05) is 23.5 Å². The summed E-state index contributed by atoms with van der Waals surface area (Å²) in [4.78, 5) is 21.3. The maximum Gasteiger partial charge on any atom is 0.195 e. The zero-order valence-electron chi connectivity index (χ0n) is 9.68. The van der Waals surface area contributed by atoms with E-state index in [1.807, 2.05) is 18.2 Å². The molecule has 0 atom stereocenters. The standard InChI is InChI=1S/C15H10N2O/c18-15-11-4-2-8-17-14(11)13-10(3-1-7-16-13)12(15)9-5-6-9/h1-4,7-8H,5-6H2. The Morgan fingerprint density at radius 2 is 1.50 bits per heavy atom. The minimum atomic E-state index is 0.103. The molecule has 2 aliphatic carbocycles. The van der Waals surface area contributed by atoms with Crippen molar-refractivity contribution in [1.29, 1.82) is 0 Å². The molecule has 0 aliphatic heterocycles. The van der Waals surface area contributed by atoms with E-state index < -0.39 is 0 Å². The molecule has 2 aromatic heterocycles. The average Bonchev–Trinajstić information content (AvgIpc) is 3.24. The van der Waals surface area contributed by atoms with Gasteiger partial charge in [-0.1, -0.05) is 11.6 Å². The second kappa shape index (κ2) is 3.35. The van der Waals surface area contributed by atoms with Gasteiger partial charge in [0.05, 0.1) is 11.3 Å². The number of nitrogens with zero attached hydrogens (tertiary/aromatic N) is 2. The number of carbonyl (C=O) groups excluding carboxylic acids is 1. The molecule has 0 radical (unpaired) electrons. The lowest BCUT2D eigenvalue weighted by molar-refractivity contribution is 0.105. The summed E-state index contributed by atoms with van der Waals surface area (Å²) in [5.41, 5.74) is 5.28. The monoisotopic (exact) mass is 234 g/mol. The van der Waals surface area contributed by atoms with Crippen molar-refractivity contribution in [3.63, 3.8) is 0 Å². The van der Waals surface area contributed by atoms with E-state index in [-0.39, 0.29) is 5.78 Å². The first-order chi connectivity index (χ1) is 8.86. The van der Waals surface area contributed by atoms with E-state index in [1.54, 1.807) is 18.5 Å². The minimum Gasteiger partial charge on any atom is -0.289 e. The molecule has 0 saturated heterocycles. The first-order valence-corrected chi connectivity index (χ1v) is 6.04. The SMILES string of the molecule is O=C1C(=C2CC2)c2cccnc2-c2ncccc21. The zero-order chi connectivity index (χ0) is 12.1. The Morgan fingerprint density at radius 3 is 2.17 bits per heavy atom. The van der Waals surface area contributed by atoms with Crippen LogP contribution in [0.2, 0.25) is 0 Å². The highest BCUT2D eigenvalue weighted by Gasteiger charge is 2.33. The molecule has 3 heteroatoms. The Labute approximate surface area is 104 Å². The van der Waals surface area contributed by atoms with Crippen molar-refractivity contribution < 1.29 is 4.79 Å². The second-order valence-electron chi connectivity index (χ2n) is 4.61. The summed E-state index contributed by atoms with van der Waals surface area (Å²) in [6.07, 6.45) is 5.53. The summed E-state index contributed by atoms with van der Waals surface area (Å²) >= 11 is 0.